The van der Waals surface area contributed by atoms with Crippen molar-refractivity contribution >= 4 is 38.3 Å². The first-order valence-corrected chi connectivity index (χ1v) is 12.0. The van der Waals surface area contributed by atoms with Gasteiger partial charge >= 0.3 is 0 Å². The number of rotatable bonds is 8. The molecule has 6 nitrogen and oxygen atoms in total. The highest BCUT2D eigenvalue weighted by Gasteiger charge is 2.24. The van der Waals surface area contributed by atoms with Crippen LogP contribution in [0.5, 0.6) is 0 Å². The number of aromatic amines is 1. The summed E-state index contributed by atoms with van der Waals surface area (Å²) in [5, 5.41) is 9.86. The van der Waals surface area contributed by atoms with Gasteiger partial charge in [0.1, 0.15) is 0 Å². The molecule has 1 heterocycles. The Bertz CT molecular complexity index is 1350. The van der Waals surface area contributed by atoms with Gasteiger partial charge in [-0.15, -0.1) is 0 Å². The average molecular weight is 468 g/mol. The number of nitrogens with two attached hydrogens (primary N) is 1. The SMILES string of the molecule is NS(=O)(=O)c1ccc(CCN[C@H](C(=O)c2c[nH]c3ccc(Cl)cc23)c2ccccc2)cc1. The maximum Gasteiger partial charge on any atom is 0.238 e. The molecule has 0 radical (unpaired) electrons. The van der Waals surface area contributed by atoms with Crippen molar-refractivity contribution in [2.45, 2.75) is 17.4 Å². The quantitative estimate of drug-likeness (QED) is 0.337. The Kier molecular flexibility index (Phi) is 6.43. The van der Waals surface area contributed by atoms with Crippen LogP contribution in [0.1, 0.15) is 27.5 Å². The second-order valence-electron chi connectivity index (χ2n) is 7.49. The van der Waals surface area contributed by atoms with Crippen molar-refractivity contribution in [1.82, 2.24) is 10.3 Å². The largest absolute Gasteiger partial charge is 0.360 e. The molecule has 1 atom stereocenters. The zero-order valence-corrected chi connectivity index (χ0v) is 18.7. The number of carbonyl (C=O) groups is 1. The predicted molar refractivity (Wildman–Crippen MR) is 126 cm³/mol. The first kappa shape index (κ1) is 22.2. The second-order valence-corrected chi connectivity index (χ2v) is 9.49. The minimum Gasteiger partial charge on any atom is -0.360 e. The van der Waals surface area contributed by atoms with E-state index >= 15 is 0 Å². The van der Waals surface area contributed by atoms with Crippen molar-refractivity contribution in [3.8, 4) is 0 Å². The van der Waals surface area contributed by atoms with Crippen molar-refractivity contribution in [2.24, 2.45) is 5.14 Å². The van der Waals surface area contributed by atoms with Gasteiger partial charge in [0.15, 0.2) is 5.78 Å². The van der Waals surface area contributed by atoms with E-state index in [1.807, 2.05) is 36.4 Å². The number of nitrogens with one attached hydrogen (secondary N) is 2. The van der Waals surface area contributed by atoms with E-state index in [1.54, 1.807) is 30.5 Å². The lowest BCUT2D eigenvalue weighted by Gasteiger charge is -2.18. The van der Waals surface area contributed by atoms with Gasteiger partial charge in [-0.1, -0.05) is 54.1 Å². The first-order chi connectivity index (χ1) is 15.3. The van der Waals surface area contributed by atoms with Crippen molar-refractivity contribution < 1.29 is 13.2 Å². The number of carbonyl (C=O) groups excluding carboxylic acids is 1. The number of fused-ring (bicyclic) bond motifs is 1. The third-order valence-corrected chi connectivity index (χ3v) is 6.48. The van der Waals surface area contributed by atoms with E-state index in [1.165, 1.54) is 12.1 Å². The van der Waals surface area contributed by atoms with Crippen LogP contribution in [-0.4, -0.2) is 25.7 Å². The summed E-state index contributed by atoms with van der Waals surface area (Å²) in [5.41, 5.74) is 3.21. The third kappa shape index (κ3) is 4.92. The van der Waals surface area contributed by atoms with E-state index in [0.29, 0.717) is 23.6 Å². The zero-order chi connectivity index (χ0) is 22.7. The summed E-state index contributed by atoms with van der Waals surface area (Å²) in [6, 6.07) is 20.8. The molecule has 4 aromatic rings. The number of H-pyrrole nitrogens is 1. The van der Waals surface area contributed by atoms with E-state index in [9.17, 15) is 13.2 Å². The van der Waals surface area contributed by atoms with Crippen LogP contribution in [0.25, 0.3) is 10.9 Å². The van der Waals surface area contributed by atoms with E-state index in [0.717, 1.165) is 22.0 Å². The lowest BCUT2D eigenvalue weighted by atomic mass is 9.96. The number of hydrogen-bond donors (Lipinski definition) is 3. The number of aromatic nitrogens is 1. The van der Waals surface area contributed by atoms with Crippen LogP contribution in [-0.2, 0) is 16.4 Å². The van der Waals surface area contributed by atoms with Crippen molar-refractivity contribution in [3.63, 3.8) is 0 Å². The van der Waals surface area contributed by atoms with Gasteiger partial charge < -0.3 is 10.3 Å². The van der Waals surface area contributed by atoms with Crippen molar-refractivity contribution in [1.29, 1.82) is 0 Å². The van der Waals surface area contributed by atoms with Crippen molar-refractivity contribution in [2.75, 3.05) is 6.54 Å². The van der Waals surface area contributed by atoms with Gasteiger partial charge in [0.05, 0.1) is 10.9 Å². The lowest BCUT2D eigenvalue weighted by Crippen LogP contribution is -2.30. The van der Waals surface area contributed by atoms with Crippen LogP contribution < -0.4 is 10.5 Å². The number of ketones is 1. The standard InChI is InChI=1S/C24H22ClN3O3S/c25-18-8-11-22-20(14-18)21(15-28-22)24(29)23(17-4-2-1-3-5-17)27-13-12-16-6-9-19(10-7-16)32(26,30)31/h1-11,14-15,23,27-28H,12-13H2,(H2,26,30,31)/t23-/m0/s1. The molecule has 0 saturated heterocycles. The fraction of sp³-hybridized carbons (Fsp3) is 0.125. The van der Waals surface area contributed by atoms with E-state index < -0.39 is 16.1 Å². The highest BCUT2D eigenvalue weighted by atomic mass is 35.5. The highest BCUT2D eigenvalue weighted by Crippen LogP contribution is 2.27. The molecule has 1 aromatic heterocycles. The van der Waals surface area contributed by atoms with Gasteiger partial charge in [-0.05, 0) is 47.9 Å². The molecule has 3 aromatic carbocycles. The van der Waals surface area contributed by atoms with Gasteiger partial charge in [0, 0.05) is 34.2 Å². The van der Waals surface area contributed by atoms with Gasteiger partial charge in [0.2, 0.25) is 10.0 Å². The predicted octanol–water partition coefficient (Wildman–Crippen LogP) is 4.23. The van der Waals surface area contributed by atoms with Crippen LogP contribution in [0.15, 0.2) is 83.9 Å². The smallest absolute Gasteiger partial charge is 0.238 e. The summed E-state index contributed by atoms with van der Waals surface area (Å²) in [5.74, 6) is -0.0608. The van der Waals surface area contributed by atoms with Crippen LogP contribution in [0, 0.1) is 0 Å². The molecule has 164 valence electrons. The first-order valence-electron chi connectivity index (χ1n) is 10.0. The maximum atomic E-state index is 13.5. The summed E-state index contributed by atoms with van der Waals surface area (Å²) in [6.45, 7) is 0.517. The summed E-state index contributed by atoms with van der Waals surface area (Å²) >= 11 is 6.15. The van der Waals surface area contributed by atoms with Crippen LogP contribution in [0.2, 0.25) is 5.02 Å². The molecule has 0 aliphatic rings. The maximum absolute atomic E-state index is 13.5. The average Bonchev–Trinajstić information content (AvgIpc) is 3.20. The Labute approximate surface area is 191 Å². The Hall–Kier alpha value is -2.97. The van der Waals surface area contributed by atoms with Gasteiger partial charge in [-0.25, -0.2) is 13.6 Å². The molecule has 0 fully saturated rings. The minimum absolute atomic E-state index is 0.0608. The molecule has 32 heavy (non-hydrogen) atoms. The van der Waals surface area contributed by atoms with E-state index in [4.69, 9.17) is 16.7 Å². The molecule has 0 amide bonds. The molecule has 4 N–H and O–H groups in total. The number of sulfonamides is 1. The van der Waals surface area contributed by atoms with Crippen LogP contribution in [0.3, 0.4) is 0 Å². The molecular formula is C24H22ClN3O3S. The number of benzene rings is 3. The topological polar surface area (TPSA) is 105 Å². The molecule has 8 heteroatoms. The minimum atomic E-state index is -3.72. The third-order valence-electron chi connectivity index (χ3n) is 5.32. The van der Waals surface area contributed by atoms with Crippen molar-refractivity contribution in [3.05, 3.63) is 101 Å². The van der Waals surface area contributed by atoms with E-state index in [2.05, 4.69) is 10.3 Å². The second kappa shape index (κ2) is 9.26. The zero-order valence-electron chi connectivity index (χ0n) is 17.1. The summed E-state index contributed by atoms with van der Waals surface area (Å²) in [6.07, 6.45) is 2.33. The molecule has 0 aliphatic carbocycles. The molecule has 0 bridgehead atoms. The molecule has 0 saturated carbocycles. The normalized spacial score (nSPS) is 12.7. The fourth-order valence-corrected chi connectivity index (χ4v) is 4.35. The molecule has 0 spiro atoms. The van der Waals surface area contributed by atoms with Crippen LogP contribution in [0.4, 0.5) is 0 Å². The molecule has 0 unspecified atom stereocenters. The number of Topliss-reactive ketones (excluding diaryl/α,β-unsaturated/α-hetero) is 1. The van der Waals surface area contributed by atoms with Gasteiger partial charge in [-0.3, -0.25) is 4.79 Å². The Morgan fingerprint density at radius 3 is 2.44 bits per heavy atom. The highest BCUT2D eigenvalue weighted by molar-refractivity contribution is 7.89. The van der Waals surface area contributed by atoms with Crippen LogP contribution >= 0.6 is 11.6 Å². The summed E-state index contributed by atoms with van der Waals surface area (Å²) in [7, 11) is -3.72. The molecule has 0 aliphatic heterocycles. The van der Waals surface area contributed by atoms with Gasteiger partial charge in [-0.2, -0.15) is 0 Å². The monoisotopic (exact) mass is 467 g/mol. The number of halogens is 1. The summed E-state index contributed by atoms with van der Waals surface area (Å²) < 4.78 is 22.8. The Morgan fingerprint density at radius 1 is 1.03 bits per heavy atom. The molecule has 4 rings (SSSR count). The Morgan fingerprint density at radius 2 is 1.75 bits per heavy atom. The van der Waals surface area contributed by atoms with E-state index in [-0.39, 0.29) is 10.7 Å². The van der Waals surface area contributed by atoms with Gasteiger partial charge in [0.25, 0.3) is 0 Å². The fourth-order valence-electron chi connectivity index (χ4n) is 3.67. The number of hydrogen-bond acceptors (Lipinski definition) is 4. The number of primary sulfonamides is 1. The molecular weight excluding hydrogens is 446 g/mol. The Balaban J connectivity index is 1.55. The lowest BCUT2D eigenvalue weighted by molar-refractivity contribution is 0.0945. The summed E-state index contributed by atoms with van der Waals surface area (Å²) in [4.78, 5) is 16.7.